The van der Waals surface area contributed by atoms with Crippen LogP contribution in [0.4, 0.5) is 0 Å². The molecule has 0 N–H and O–H groups in total. The number of esters is 1. The van der Waals surface area contributed by atoms with Crippen molar-refractivity contribution < 1.29 is 14.3 Å². The van der Waals surface area contributed by atoms with Crippen LogP contribution in [0.3, 0.4) is 0 Å². The largest absolute Gasteiger partial charge is 0.497 e. The molecular formula is C45H58N2O3. The Hall–Kier alpha value is -3.34. The summed E-state index contributed by atoms with van der Waals surface area (Å²) in [6, 6.07) is 18.5. The van der Waals surface area contributed by atoms with Crippen LogP contribution in [0.1, 0.15) is 117 Å². The Kier molecular flexibility index (Phi) is 7.65. The quantitative estimate of drug-likeness (QED) is 0.200. The van der Waals surface area contributed by atoms with Gasteiger partial charge >= 0.3 is 5.97 Å². The van der Waals surface area contributed by atoms with Crippen LogP contribution in [0.5, 0.6) is 5.75 Å². The van der Waals surface area contributed by atoms with E-state index in [0.29, 0.717) is 18.4 Å². The Bertz CT molecular complexity index is 1820. The third-order valence-electron chi connectivity index (χ3n) is 15.7. The van der Waals surface area contributed by atoms with Crippen molar-refractivity contribution >= 4 is 5.97 Å². The van der Waals surface area contributed by atoms with Crippen LogP contribution in [0.15, 0.2) is 72.4 Å². The van der Waals surface area contributed by atoms with E-state index in [4.69, 9.17) is 14.6 Å². The Labute approximate surface area is 300 Å². The molecule has 0 bridgehead atoms. The van der Waals surface area contributed by atoms with Gasteiger partial charge < -0.3 is 9.47 Å². The van der Waals surface area contributed by atoms with Crippen molar-refractivity contribution in [3.05, 3.63) is 89.3 Å². The second kappa shape index (κ2) is 11.3. The average Bonchev–Trinajstić information content (AvgIpc) is 3.52. The minimum absolute atomic E-state index is 0.0252. The molecule has 1 aromatic heterocycles. The molecular weight excluding hydrogens is 617 g/mol. The summed E-state index contributed by atoms with van der Waals surface area (Å²) >= 11 is 0. The molecule has 0 unspecified atom stereocenters. The van der Waals surface area contributed by atoms with Gasteiger partial charge in [-0.3, -0.25) is 4.79 Å². The molecule has 0 amide bonds. The number of rotatable bonds is 5. The molecule has 8 rings (SSSR count). The number of carbonyl (C=O) groups is 1. The van der Waals surface area contributed by atoms with Crippen LogP contribution in [0.2, 0.25) is 0 Å². The highest BCUT2D eigenvalue weighted by Gasteiger charge is 2.69. The minimum Gasteiger partial charge on any atom is -0.497 e. The normalized spacial score (nSPS) is 36.4. The molecule has 0 saturated heterocycles. The predicted molar refractivity (Wildman–Crippen MR) is 199 cm³/mol. The van der Waals surface area contributed by atoms with E-state index in [2.05, 4.69) is 89.7 Å². The minimum atomic E-state index is -0.419. The maximum absolute atomic E-state index is 14.4. The van der Waals surface area contributed by atoms with Crippen molar-refractivity contribution in [2.75, 3.05) is 7.11 Å². The zero-order chi connectivity index (χ0) is 35.3. The number of fused-ring (bicyclic) bond motifs is 8. The second-order valence-electron chi connectivity index (χ2n) is 19.0. The summed E-state index contributed by atoms with van der Waals surface area (Å²) in [6.45, 7) is 18.1. The monoisotopic (exact) mass is 674 g/mol. The van der Waals surface area contributed by atoms with Gasteiger partial charge in [-0.1, -0.05) is 90.4 Å². The highest BCUT2D eigenvalue weighted by molar-refractivity contribution is 5.79. The molecule has 5 heteroatoms. The Balaban J connectivity index is 1.15. The predicted octanol–water partition coefficient (Wildman–Crippen LogP) is 10.4. The maximum atomic E-state index is 14.4. The SMILES string of the molecule is COc1ccc(-n2ncc3c2C(C)(C)[C@@H]2CC[C@]4(C)[C@H](CC=C5[C@@H]6CC(C)(C)CC[C@]6(C(=O)OCc6ccccc6)CC[C@]54C)[C@@]2(C)C3)cc1. The van der Waals surface area contributed by atoms with Crippen molar-refractivity contribution in [2.24, 2.45) is 44.8 Å². The third kappa shape index (κ3) is 4.69. The van der Waals surface area contributed by atoms with Gasteiger partial charge in [0.25, 0.3) is 0 Å². The summed E-state index contributed by atoms with van der Waals surface area (Å²) in [5, 5.41) is 5.05. The summed E-state index contributed by atoms with van der Waals surface area (Å²) in [5.41, 5.74) is 6.68. The molecule has 5 aliphatic rings. The van der Waals surface area contributed by atoms with Gasteiger partial charge in [-0.05, 0) is 133 Å². The molecule has 3 saturated carbocycles. The van der Waals surface area contributed by atoms with Crippen molar-refractivity contribution in [2.45, 2.75) is 118 Å². The first-order valence-electron chi connectivity index (χ1n) is 19.3. The van der Waals surface area contributed by atoms with E-state index in [-0.39, 0.29) is 39.0 Å². The van der Waals surface area contributed by atoms with E-state index in [1.165, 1.54) is 24.1 Å². The molecule has 1 heterocycles. The first kappa shape index (κ1) is 33.8. The van der Waals surface area contributed by atoms with Gasteiger partial charge in [-0.15, -0.1) is 0 Å². The zero-order valence-corrected chi connectivity index (χ0v) is 31.8. The number of allylic oxidation sites excluding steroid dienone is 2. The molecule has 0 spiro atoms. The molecule has 3 fully saturated rings. The van der Waals surface area contributed by atoms with Crippen molar-refractivity contribution in [1.29, 1.82) is 0 Å². The summed E-state index contributed by atoms with van der Waals surface area (Å²) in [6.07, 6.45) is 14.5. The van der Waals surface area contributed by atoms with Gasteiger partial charge in [0, 0.05) is 5.41 Å². The molecule has 7 atom stereocenters. The van der Waals surface area contributed by atoms with Gasteiger partial charge in [-0.25, -0.2) is 4.68 Å². The Morgan fingerprint density at radius 1 is 0.880 bits per heavy atom. The molecule has 0 aliphatic heterocycles. The highest BCUT2D eigenvalue weighted by Crippen LogP contribution is 2.75. The standard InChI is InChI=1S/C45H58N2O3/c1-40(2)22-24-45(39(48)50-29-30-12-10-9-11-13-30)25-23-43(6)34(35(45)27-40)18-19-37-42(5)26-31-28-46-47(32-14-16-33(49-8)17-15-32)38(31)41(3,4)36(42)20-21-44(37,43)7/h9-18,28,35-37H,19-27,29H2,1-8H3/t35-,36-,37+,42-,43+,44+,45-/m0/s1. The summed E-state index contributed by atoms with van der Waals surface area (Å²) in [5.74, 6) is 2.27. The molecule has 5 nitrogen and oxygen atoms in total. The number of methoxy groups -OCH3 is 1. The fourth-order valence-corrected chi connectivity index (χ4v) is 13.0. The number of hydrogen-bond acceptors (Lipinski definition) is 4. The van der Waals surface area contributed by atoms with Crippen molar-refractivity contribution in [1.82, 2.24) is 9.78 Å². The van der Waals surface area contributed by atoms with E-state index >= 15 is 0 Å². The topological polar surface area (TPSA) is 53.4 Å². The van der Waals surface area contributed by atoms with Crippen molar-refractivity contribution in [3.8, 4) is 11.4 Å². The Morgan fingerprint density at radius 2 is 1.60 bits per heavy atom. The Morgan fingerprint density at radius 3 is 2.32 bits per heavy atom. The van der Waals surface area contributed by atoms with Crippen LogP contribution < -0.4 is 4.74 Å². The average molecular weight is 675 g/mol. The lowest BCUT2D eigenvalue weighted by molar-refractivity contribution is -0.182. The van der Waals surface area contributed by atoms with Gasteiger partial charge in [-0.2, -0.15) is 5.10 Å². The van der Waals surface area contributed by atoms with E-state index in [0.717, 1.165) is 61.9 Å². The van der Waals surface area contributed by atoms with Crippen LogP contribution >= 0.6 is 0 Å². The lowest BCUT2D eigenvalue weighted by atomic mass is 9.33. The third-order valence-corrected chi connectivity index (χ3v) is 15.7. The first-order valence-corrected chi connectivity index (χ1v) is 19.3. The lowest BCUT2D eigenvalue weighted by Crippen LogP contribution is -2.65. The number of hydrogen-bond donors (Lipinski definition) is 0. The smallest absolute Gasteiger partial charge is 0.313 e. The van der Waals surface area contributed by atoms with Gasteiger partial charge in [0.15, 0.2) is 0 Å². The van der Waals surface area contributed by atoms with E-state index in [1.54, 1.807) is 12.7 Å². The molecule has 0 radical (unpaired) electrons. The first-order chi connectivity index (χ1) is 23.7. The molecule has 3 aromatic rings. The number of carbonyl (C=O) groups excluding carboxylic acids is 1. The van der Waals surface area contributed by atoms with Gasteiger partial charge in [0.1, 0.15) is 12.4 Å². The highest BCUT2D eigenvalue weighted by atomic mass is 16.5. The zero-order valence-electron chi connectivity index (χ0n) is 31.8. The van der Waals surface area contributed by atoms with Crippen LogP contribution in [-0.4, -0.2) is 22.9 Å². The van der Waals surface area contributed by atoms with Crippen molar-refractivity contribution in [3.63, 3.8) is 0 Å². The molecule has 5 aliphatic carbocycles. The molecule has 2 aromatic carbocycles. The van der Waals surface area contributed by atoms with E-state index in [1.807, 2.05) is 30.3 Å². The fraction of sp³-hybridized carbons (Fsp3) is 0.600. The number of ether oxygens (including phenoxy) is 2. The lowest BCUT2D eigenvalue weighted by Gasteiger charge is -2.70. The fourth-order valence-electron chi connectivity index (χ4n) is 13.0. The molecule has 50 heavy (non-hydrogen) atoms. The van der Waals surface area contributed by atoms with Crippen LogP contribution in [0, 0.1) is 44.8 Å². The number of nitrogens with zero attached hydrogens (tertiary/aromatic N) is 2. The molecule has 266 valence electrons. The van der Waals surface area contributed by atoms with Gasteiger partial charge in [0.2, 0.25) is 0 Å². The van der Waals surface area contributed by atoms with E-state index in [9.17, 15) is 4.79 Å². The van der Waals surface area contributed by atoms with Gasteiger partial charge in [0.05, 0.1) is 30.1 Å². The van der Waals surface area contributed by atoms with Crippen LogP contribution in [0.25, 0.3) is 5.69 Å². The second-order valence-corrected chi connectivity index (χ2v) is 19.0. The number of aromatic nitrogens is 2. The summed E-state index contributed by atoms with van der Waals surface area (Å²) in [7, 11) is 1.72. The maximum Gasteiger partial charge on any atom is 0.313 e. The van der Waals surface area contributed by atoms with E-state index < -0.39 is 5.41 Å². The summed E-state index contributed by atoms with van der Waals surface area (Å²) < 4.78 is 13.9. The summed E-state index contributed by atoms with van der Waals surface area (Å²) in [4.78, 5) is 14.4. The van der Waals surface area contributed by atoms with Crippen LogP contribution in [-0.2, 0) is 28.0 Å². The number of benzene rings is 2.